The number of hydrogen-bond acceptors (Lipinski definition) is 4. The van der Waals surface area contributed by atoms with Crippen LogP contribution in [0.5, 0.6) is 0 Å². The number of phosphoric acid groups is 1. The van der Waals surface area contributed by atoms with Gasteiger partial charge in [-0.2, -0.15) is 13.2 Å². The predicted molar refractivity (Wildman–Crippen MR) is 35.9 cm³/mol. The highest BCUT2D eigenvalue weighted by Gasteiger charge is 2.30. The molecule has 1 unspecified atom stereocenters. The molecule has 0 heterocycles. The molecule has 0 N–H and O–H groups in total. The molecule has 0 amide bonds. The summed E-state index contributed by atoms with van der Waals surface area (Å²) < 4.78 is 52.5. The van der Waals surface area contributed by atoms with Crippen molar-refractivity contribution in [2.45, 2.75) is 19.5 Å². The molecule has 0 radical (unpaired) electrons. The van der Waals surface area contributed by atoms with Gasteiger partial charge >= 0.3 is 6.18 Å². The fourth-order valence-electron chi connectivity index (χ4n) is 0.393. The molecule has 0 fully saturated rings. The van der Waals surface area contributed by atoms with Gasteiger partial charge in [0.25, 0.3) is 7.82 Å². The second kappa shape index (κ2) is 4.95. The van der Waals surface area contributed by atoms with Gasteiger partial charge in [0.15, 0.2) is 6.61 Å². The van der Waals surface area contributed by atoms with Crippen LogP contribution in [0.25, 0.3) is 0 Å². The molecule has 0 aliphatic carbocycles. The van der Waals surface area contributed by atoms with Crippen LogP contribution in [0.3, 0.4) is 0 Å². The highest BCUT2D eigenvalue weighted by atomic mass is 31.2. The van der Waals surface area contributed by atoms with Crippen LogP contribution in [0.4, 0.5) is 13.2 Å². The van der Waals surface area contributed by atoms with E-state index in [1.807, 2.05) is 0 Å². The van der Waals surface area contributed by atoms with E-state index in [9.17, 15) is 22.6 Å². The average Bonchev–Trinajstić information content (AvgIpc) is 1.97. The van der Waals surface area contributed by atoms with Crippen molar-refractivity contribution in [3.63, 3.8) is 0 Å². The molecule has 0 saturated heterocycles. The Hall–Kier alpha value is -0.100. The van der Waals surface area contributed by atoms with Crippen LogP contribution in [0.2, 0.25) is 0 Å². The van der Waals surface area contributed by atoms with Gasteiger partial charge in [-0.05, 0) is 6.42 Å². The van der Waals surface area contributed by atoms with E-state index >= 15 is 0 Å². The van der Waals surface area contributed by atoms with Crippen LogP contribution in [0.15, 0.2) is 0 Å². The van der Waals surface area contributed by atoms with Crippen molar-refractivity contribution in [3.05, 3.63) is 0 Å². The third-order valence-electron chi connectivity index (χ3n) is 0.840. The molecule has 0 rings (SSSR count). The summed E-state index contributed by atoms with van der Waals surface area (Å²) in [5.74, 6) is 0. The molecule has 0 aliphatic heterocycles. The van der Waals surface area contributed by atoms with Crippen LogP contribution in [-0.4, -0.2) is 19.4 Å². The normalized spacial score (nSPS) is 17.0. The topological polar surface area (TPSA) is 58.6 Å². The number of hydrogen-bond donors (Lipinski definition) is 0. The minimum Gasteiger partial charge on any atom is -0.756 e. The average molecular weight is 221 g/mol. The second-order valence-corrected chi connectivity index (χ2v) is 3.58. The van der Waals surface area contributed by atoms with E-state index in [1.165, 1.54) is 0 Å². The van der Waals surface area contributed by atoms with Gasteiger partial charge in [-0.25, -0.2) is 0 Å². The van der Waals surface area contributed by atoms with Gasteiger partial charge in [0.05, 0.1) is 6.61 Å². The number of halogens is 3. The second-order valence-electron chi connectivity index (χ2n) is 2.17. The maximum atomic E-state index is 11.5. The summed E-state index contributed by atoms with van der Waals surface area (Å²) in [7, 11) is -4.78. The van der Waals surface area contributed by atoms with Gasteiger partial charge in [0, 0.05) is 0 Å². The van der Waals surface area contributed by atoms with Crippen molar-refractivity contribution in [2.75, 3.05) is 13.2 Å². The van der Waals surface area contributed by atoms with Crippen molar-refractivity contribution in [1.82, 2.24) is 0 Å². The lowest BCUT2D eigenvalue weighted by atomic mass is 10.5. The number of phosphoric ester groups is 1. The summed E-state index contributed by atoms with van der Waals surface area (Å²) in [5.41, 5.74) is 0. The van der Waals surface area contributed by atoms with Crippen molar-refractivity contribution < 1.29 is 31.7 Å². The first-order valence-corrected chi connectivity index (χ1v) is 4.90. The van der Waals surface area contributed by atoms with Crippen LogP contribution < -0.4 is 4.89 Å². The Labute approximate surface area is 73.3 Å². The first-order valence-electron chi connectivity index (χ1n) is 3.44. The molecule has 1 atom stereocenters. The summed E-state index contributed by atoms with van der Waals surface area (Å²) in [5, 5.41) is 0. The van der Waals surface area contributed by atoms with Gasteiger partial charge in [-0.3, -0.25) is 4.57 Å². The van der Waals surface area contributed by atoms with E-state index < -0.39 is 20.6 Å². The standard InChI is InChI=1S/C5H10F3O4P/c1-2-3-11-13(9,10)12-4-5(6,7)8/h2-4H2,1H3,(H,9,10)/p-1. The molecule has 0 bridgehead atoms. The molecule has 13 heavy (non-hydrogen) atoms. The molecule has 8 heteroatoms. The summed E-state index contributed by atoms with van der Waals surface area (Å²) in [6, 6.07) is 0. The minimum absolute atomic E-state index is 0.182. The Balaban J connectivity index is 3.83. The first kappa shape index (κ1) is 12.9. The largest absolute Gasteiger partial charge is 0.756 e. The lowest BCUT2D eigenvalue weighted by Crippen LogP contribution is -2.19. The Morgan fingerprint density at radius 2 is 1.92 bits per heavy atom. The summed E-state index contributed by atoms with van der Waals surface area (Å²) >= 11 is 0. The van der Waals surface area contributed by atoms with Crippen molar-refractivity contribution in [3.8, 4) is 0 Å². The summed E-state index contributed by atoms with van der Waals surface area (Å²) in [4.78, 5) is 10.5. The monoisotopic (exact) mass is 221 g/mol. The SMILES string of the molecule is CCCOP(=O)([O-])OCC(F)(F)F. The zero-order valence-electron chi connectivity index (χ0n) is 6.84. The zero-order chi connectivity index (χ0) is 10.5. The van der Waals surface area contributed by atoms with Crippen LogP contribution in [-0.2, 0) is 13.6 Å². The van der Waals surface area contributed by atoms with Crippen molar-refractivity contribution in [2.24, 2.45) is 0 Å². The number of rotatable bonds is 5. The summed E-state index contributed by atoms with van der Waals surface area (Å²) in [6.45, 7) is -0.417. The third kappa shape index (κ3) is 8.24. The highest BCUT2D eigenvalue weighted by Crippen LogP contribution is 2.39. The molecule has 4 nitrogen and oxygen atoms in total. The smallest absolute Gasteiger partial charge is 0.412 e. The zero-order valence-corrected chi connectivity index (χ0v) is 7.73. The molecule has 0 spiro atoms. The van der Waals surface area contributed by atoms with E-state index in [1.54, 1.807) is 6.92 Å². The van der Waals surface area contributed by atoms with E-state index in [0.717, 1.165) is 0 Å². The van der Waals surface area contributed by atoms with Crippen molar-refractivity contribution >= 4 is 7.82 Å². The van der Waals surface area contributed by atoms with Crippen LogP contribution in [0.1, 0.15) is 13.3 Å². The lowest BCUT2D eigenvalue weighted by Gasteiger charge is -2.22. The number of alkyl halides is 3. The maximum Gasteiger partial charge on any atom is 0.412 e. The van der Waals surface area contributed by atoms with Gasteiger partial charge in [0.1, 0.15) is 0 Å². The van der Waals surface area contributed by atoms with E-state index in [4.69, 9.17) is 0 Å². The van der Waals surface area contributed by atoms with Crippen LogP contribution >= 0.6 is 7.82 Å². The molecule has 0 saturated carbocycles. The fraction of sp³-hybridized carbons (Fsp3) is 1.00. The summed E-state index contributed by atoms with van der Waals surface area (Å²) in [6.07, 6.45) is -4.29. The highest BCUT2D eigenvalue weighted by molar-refractivity contribution is 7.45. The quantitative estimate of drug-likeness (QED) is 0.659. The Morgan fingerprint density at radius 3 is 2.31 bits per heavy atom. The van der Waals surface area contributed by atoms with E-state index in [0.29, 0.717) is 6.42 Å². The van der Waals surface area contributed by atoms with Gasteiger partial charge < -0.3 is 13.9 Å². The Morgan fingerprint density at radius 1 is 1.38 bits per heavy atom. The Bertz CT molecular complexity index is 193. The molecule has 0 aromatic heterocycles. The molecule has 0 aromatic rings. The van der Waals surface area contributed by atoms with E-state index in [-0.39, 0.29) is 6.61 Å². The fourth-order valence-corrected chi connectivity index (χ4v) is 1.18. The lowest BCUT2D eigenvalue weighted by molar-refractivity contribution is -0.240. The molecule has 0 aliphatic rings. The van der Waals surface area contributed by atoms with E-state index in [2.05, 4.69) is 9.05 Å². The third-order valence-corrected chi connectivity index (χ3v) is 1.78. The first-order chi connectivity index (χ1) is 5.77. The molecule has 80 valence electrons. The van der Waals surface area contributed by atoms with Crippen molar-refractivity contribution in [1.29, 1.82) is 0 Å². The molecular formula is C5H9F3O4P-. The maximum absolute atomic E-state index is 11.5. The molecular weight excluding hydrogens is 212 g/mol. The predicted octanol–water partition coefficient (Wildman–Crippen LogP) is 1.46. The van der Waals surface area contributed by atoms with Gasteiger partial charge in [-0.15, -0.1) is 0 Å². The minimum atomic E-state index is -4.78. The van der Waals surface area contributed by atoms with Gasteiger partial charge in [-0.1, -0.05) is 6.92 Å². The van der Waals surface area contributed by atoms with Gasteiger partial charge in [0.2, 0.25) is 0 Å². The molecule has 0 aromatic carbocycles. The Kier molecular flexibility index (Phi) is 4.91. The van der Waals surface area contributed by atoms with Crippen LogP contribution in [0, 0.1) is 0 Å².